The highest BCUT2D eigenvalue weighted by Gasteiger charge is 2.55. The third-order valence-corrected chi connectivity index (χ3v) is 6.65. The topological polar surface area (TPSA) is 81.8 Å². The summed E-state index contributed by atoms with van der Waals surface area (Å²) in [5.74, 6) is 0.451. The third kappa shape index (κ3) is 4.45. The van der Waals surface area contributed by atoms with E-state index in [0.29, 0.717) is 13.0 Å². The predicted octanol–water partition coefficient (Wildman–Crippen LogP) is 1.73. The first-order valence-electron chi connectivity index (χ1n) is 10.6. The van der Waals surface area contributed by atoms with E-state index >= 15 is 0 Å². The molecule has 1 spiro atoms. The number of carbonyl (C=O) groups excluding carboxylic acids is 3. The molecule has 2 N–H and O–H groups in total. The van der Waals surface area contributed by atoms with E-state index in [1.165, 1.54) is 12.8 Å². The lowest BCUT2D eigenvalue weighted by Crippen LogP contribution is -2.54. The molecule has 0 aromatic heterocycles. The highest BCUT2D eigenvalue weighted by Crippen LogP contribution is 2.38. The van der Waals surface area contributed by atoms with Crippen LogP contribution in [0.3, 0.4) is 0 Å². The number of likely N-dealkylation sites (tertiary alicyclic amines) is 1. The van der Waals surface area contributed by atoms with Gasteiger partial charge < -0.3 is 15.5 Å². The Labute approximate surface area is 162 Å². The van der Waals surface area contributed by atoms with E-state index in [2.05, 4.69) is 22.5 Å². The van der Waals surface area contributed by atoms with Crippen molar-refractivity contribution in [3.05, 3.63) is 0 Å². The molecule has 0 bridgehead atoms. The molecule has 2 atom stereocenters. The van der Waals surface area contributed by atoms with Crippen LogP contribution in [0.1, 0.15) is 58.8 Å². The largest absolute Gasteiger partial charge is 0.354 e. The zero-order valence-corrected chi connectivity index (χ0v) is 16.8. The fourth-order valence-electron chi connectivity index (χ4n) is 4.65. The minimum Gasteiger partial charge on any atom is -0.354 e. The van der Waals surface area contributed by atoms with Crippen LogP contribution in [0.4, 0.5) is 4.79 Å². The fourth-order valence-corrected chi connectivity index (χ4v) is 4.65. The second-order valence-electron chi connectivity index (χ2n) is 8.67. The van der Waals surface area contributed by atoms with Gasteiger partial charge in [0.25, 0.3) is 5.91 Å². The van der Waals surface area contributed by atoms with E-state index in [9.17, 15) is 14.4 Å². The lowest BCUT2D eigenvalue weighted by molar-refractivity contribution is -0.137. The van der Waals surface area contributed by atoms with Crippen molar-refractivity contribution in [3.8, 4) is 0 Å². The molecule has 0 aromatic carbocycles. The van der Waals surface area contributed by atoms with Crippen LogP contribution in [-0.2, 0) is 9.59 Å². The van der Waals surface area contributed by atoms with Crippen LogP contribution in [0.5, 0.6) is 0 Å². The molecule has 4 amide bonds. The number of carbonyl (C=O) groups is 3. The number of hydrogen-bond donors (Lipinski definition) is 2. The monoisotopic (exact) mass is 378 g/mol. The Balaban J connectivity index is 1.41. The number of rotatable bonds is 6. The highest BCUT2D eigenvalue weighted by atomic mass is 16.2. The van der Waals surface area contributed by atoms with Crippen molar-refractivity contribution in [2.75, 3.05) is 32.7 Å². The van der Waals surface area contributed by atoms with Crippen LogP contribution in [0.2, 0.25) is 0 Å². The first-order chi connectivity index (χ1) is 12.9. The molecule has 1 saturated carbocycles. The smallest absolute Gasteiger partial charge is 0.325 e. The number of imide groups is 1. The number of amides is 4. The summed E-state index contributed by atoms with van der Waals surface area (Å²) in [6.45, 7) is 7.97. The van der Waals surface area contributed by atoms with Crippen LogP contribution in [0, 0.1) is 11.8 Å². The van der Waals surface area contributed by atoms with Crippen LogP contribution < -0.4 is 10.6 Å². The van der Waals surface area contributed by atoms with E-state index in [-0.39, 0.29) is 24.3 Å². The Morgan fingerprint density at radius 2 is 1.93 bits per heavy atom. The summed E-state index contributed by atoms with van der Waals surface area (Å²) in [5.41, 5.74) is -0.791. The van der Waals surface area contributed by atoms with Gasteiger partial charge in [-0.2, -0.15) is 0 Å². The first kappa shape index (κ1) is 20.1. The van der Waals surface area contributed by atoms with Crippen LogP contribution in [-0.4, -0.2) is 65.9 Å². The second-order valence-corrected chi connectivity index (χ2v) is 8.67. The van der Waals surface area contributed by atoms with Gasteiger partial charge in [0.05, 0.1) is 0 Å². The standard InChI is InChI=1S/C20H34N4O3/c1-15-7-12-23(13-8-15)11-5-10-21-17(25)14-24-18(26)20(22-19(24)27)9-4-3-6-16(20)2/h15-16H,3-14H2,1-2H3,(H,21,25)(H,22,27). The Bertz CT molecular complexity index is 574. The van der Waals surface area contributed by atoms with E-state index in [1.807, 2.05) is 6.92 Å². The molecule has 7 nitrogen and oxygen atoms in total. The average Bonchev–Trinajstić information content (AvgIpc) is 2.88. The van der Waals surface area contributed by atoms with E-state index in [4.69, 9.17) is 0 Å². The SMILES string of the molecule is CC1CCN(CCCNC(=O)CN2C(=O)NC3(CCCCC3C)C2=O)CC1. The molecule has 3 fully saturated rings. The minimum atomic E-state index is -0.791. The van der Waals surface area contributed by atoms with Gasteiger partial charge in [-0.25, -0.2) is 4.79 Å². The lowest BCUT2D eigenvalue weighted by atomic mass is 9.73. The van der Waals surface area contributed by atoms with Gasteiger partial charge in [-0.15, -0.1) is 0 Å². The van der Waals surface area contributed by atoms with Gasteiger partial charge >= 0.3 is 6.03 Å². The summed E-state index contributed by atoms with van der Waals surface area (Å²) in [4.78, 5) is 40.9. The average molecular weight is 379 g/mol. The molecule has 3 rings (SSSR count). The van der Waals surface area contributed by atoms with Gasteiger partial charge in [0, 0.05) is 6.54 Å². The molecule has 152 valence electrons. The molecule has 2 aliphatic heterocycles. The number of hydrogen-bond acceptors (Lipinski definition) is 4. The summed E-state index contributed by atoms with van der Waals surface area (Å²) in [6, 6.07) is -0.425. The third-order valence-electron chi connectivity index (χ3n) is 6.65. The second kappa shape index (κ2) is 8.59. The predicted molar refractivity (Wildman–Crippen MR) is 103 cm³/mol. The highest BCUT2D eigenvalue weighted by molar-refractivity contribution is 6.09. The summed E-state index contributed by atoms with van der Waals surface area (Å²) >= 11 is 0. The molecule has 1 aliphatic carbocycles. The zero-order valence-electron chi connectivity index (χ0n) is 16.8. The minimum absolute atomic E-state index is 0.114. The van der Waals surface area contributed by atoms with Crippen molar-refractivity contribution < 1.29 is 14.4 Å². The quantitative estimate of drug-likeness (QED) is 0.545. The van der Waals surface area contributed by atoms with Crippen molar-refractivity contribution >= 4 is 17.8 Å². The molecular formula is C20H34N4O3. The van der Waals surface area contributed by atoms with Crippen molar-refractivity contribution in [3.63, 3.8) is 0 Å². The fraction of sp³-hybridized carbons (Fsp3) is 0.850. The van der Waals surface area contributed by atoms with Gasteiger partial charge in [0.2, 0.25) is 5.91 Å². The number of nitrogens with one attached hydrogen (secondary N) is 2. The Hall–Kier alpha value is -1.63. The van der Waals surface area contributed by atoms with Gasteiger partial charge in [0.15, 0.2) is 0 Å². The molecule has 0 aromatic rings. The van der Waals surface area contributed by atoms with Gasteiger partial charge in [-0.3, -0.25) is 14.5 Å². The summed E-state index contributed by atoms with van der Waals surface area (Å²) < 4.78 is 0. The van der Waals surface area contributed by atoms with Crippen LogP contribution in [0.25, 0.3) is 0 Å². The van der Waals surface area contributed by atoms with Gasteiger partial charge in [-0.05, 0) is 63.6 Å². The molecule has 7 heteroatoms. The molecule has 2 saturated heterocycles. The number of piperidine rings is 1. The maximum Gasteiger partial charge on any atom is 0.325 e. The molecule has 0 radical (unpaired) electrons. The Morgan fingerprint density at radius 3 is 2.63 bits per heavy atom. The molecule has 27 heavy (non-hydrogen) atoms. The lowest BCUT2D eigenvalue weighted by Gasteiger charge is -2.36. The first-order valence-corrected chi connectivity index (χ1v) is 10.6. The molecular weight excluding hydrogens is 344 g/mol. The zero-order chi connectivity index (χ0) is 19.4. The molecule has 2 unspecified atom stereocenters. The van der Waals surface area contributed by atoms with Crippen molar-refractivity contribution in [1.82, 2.24) is 20.4 Å². The summed E-state index contributed by atoms with van der Waals surface area (Å²) in [5, 5.41) is 5.75. The van der Waals surface area contributed by atoms with Crippen LogP contribution >= 0.6 is 0 Å². The van der Waals surface area contributed by atoms with E-state index < -0.39 is 11.6 Å². The van der Waals surface area contributed by atoms with Crippen molar-refractivity contribution in [2.24, 2.45) is 11.8 Å². The van der Waals surface area contributed by atoms with E-state index in [0.717, 1.165) is 56.1 Å². The van der Waals surface area contributed by atoms with Gasteiger partial charge in [0.1, 0.15) is 12.1 Å². The van der Waals surface area contributed by atoms with Crippen molar-refractivity contribution in [2.45, 2.75) is 64.3 Å². The number of urea groups is 1. The summed E-state index contributed by atoms with van der Waals surface area (Å²) in [7, 11) is 0. The molecule has 3 aliphatic rings. The maximum atomic E-state index is 12.9. The number of nitrogens with zero attached hydrogens (tertiary/aromatic N) is 2. The Kier molecular flexibility index (Phi) is 6.40. The van der Waals surface area contributed by atoms with Gasteiger partial charge in [-0.1, -0.05) is 26.7 Å². The van der Waals surface area contributed by atoms with Crippen LogP contribution in [0.15, 0.2) is 0 Å². The maximum absolute atomic E-state index is 12.9. The van der Waals surface area contributed by atoms with Crippen molar-refractivity contribution in [1.29, 1.82) is 0 Å². The van der Waals surface area contributed by atoms with E-state index in [1.54, 1.807) is 0 Å². The normalized spacial score (nSPS) is 30.0. The molecule has 2 heterocycles. The summed E-state index contributed by atoms with van der Waals surface area (Å²) in [6.07, 6.45) is 7.01. The Morgan fingerprint density at radius 1 is 1.19 bits per heavy atom.